The number of hydrogen-bond acceptors (Lipinski definition) is 6. The van der Waals surface area contributed by atoms with Crippen molar-refractivity contribution >= 4 is 22.3 Å². The minimum atomic E-state index is -0.711. The number of anilines is 2. The fourth-order valence-electron chi connectivity index (χ4n) is 4.26. The SMILES string of the molecule is Cc1c[nH]c(=O)c2ccc(-c3nc(-c4ccc(N5CCN(C)CC5)cc4)c(F)nc3N)cc12. The number of nitrogens with two attached hydrogens (primary N) is 1. The molecule has 3 N–H and O–H groups in total. The van der Waals surface area contributed by atoms with Crippen LogP contribution in [0.3, 0.4) is 0 Å². The molecule has 1 saturated heterocycles. The van der Waals surface area contributed by atoms with Crippen LogP contribution in [0.5, 0.6) is 0 Å². The third-order valence-electron chi connectivity index (χ3n) is 6.27. The van der Waals surface area contributed by atoms with Gasteiger partial charge in [-0.1, -0.05) is 18.2 Å². The fraction of sp³-hybridized carbons (Fsp3) is 0.240. The maximum atomic E-state index is 14.8. The third-order valence-corrected chi connectivity index (χ3v) is 6.27. The number of aromatic nitrogens is 3. The molecule has 168 valence electrons. The van der Waals surface area contributed by atoms with E-state index in [0.717, 1.165) is 42.8 Å². The minimum absolute atomic E-state index is 0.00662. The Morgan fingerprint density at radius 3 is 2.36 bits per heavy atom. The van der Waals surface area contributed by atoms with E-state index in [1.807, 2.05) is 37.3 Å². The number of aromatic amines is 1. The molecule has 0 saturated carbocycles. The van der Waals surface area contributed by atoms with E-state index in [1.54, 1.807) is 18.3 Å². The first kappa shape index (κ1) is 21.1. The number of nitrogens with zero attached hydrogens (tertiary/aromatic N) is 4. The zero-order valence-electron chi connectivity index (χ0n) is 18.6. The van der Waals surface area contributed by atoms with Gasteiger partial charge in [-0.15, -0.1) is 0 Å². The molecule has 2 aromatic heterocycles. The molecule has 4 aromatic rings. The lowest BCUT2D eigenvalue weighted by atomic mass is 10.0. The van der Waals surface area contributed by atoms with Crippen molar-refractivity contribution in [3.05, 3.63) is 70.5 Å². The maximum Gasteiger partial charge on any atom is 0.255 e. The van der Waals surface area contributed by atoms with Crippen LogP contribution in [0, 0.1) is 12.9 Å². The molecule has 0 atom stereocenters. The predicted molar refractivity (Wildman–Crippen MR) is 130 cm³/mol. The lowest BCUT2D eigenvalue weighted by Gasteiger charge is -2.34. The van der Waals surface area contributed by atoms with Crippen molar-refractivity contribution in [1.82, 2.24) is 19.9 Å². The number of H-pyrrole nitrogens is 1. The van der Waals surface area contributed by atoms with Crippen LogP contribution >= 0.6 is 0 Å². The number of aryl methyl sites for hydroxylation is 1. The van der Waals surface area contributed by atoms with Crippen LogP contribution in [0.1, 0.15) is 5.56 Å². The maximum absolute atomic E-state index is 14.8. The smallest absolute Gasteiger partial charge is 0.255 e. The van der Waals surface area contributed by atoms with Crippen LogP contribution in [0.4, 0.5) is 15.9 Å². The summed E-state index contributed by atoms with van der Waals surface area (Å²) in [6.07, 6.45) is 1.67. The summed E-state index contributed by atoms with van der Waals surface area (Å²) in [6.45, 7) is 5.86. The number of halogens is 1. The molecular formula is C25H25FN6O. The van der Waals surface area contributed by atoms with Gasteiger partial charge in [0.15, 0.2) is 5.82 Å². The molecule has 0 amide bonds. The Morgan fingerprint density at radius 1 is 0.939 bits per heavy atom. The third kappa shape index (κ3) is 3.93. The molecule has 33 heavy (non-hydrogen) atoms. The van der Waals surface area contributed by atoms with E-state index in [4.69, 9.17) is 5.73 Å². The predicted octanol–water partition coefficient (Wildman–Crippen LogP) is 3.43. The van der Waals surface area contributed by atoms with E-state index < -0.39 is 5.95 Å². The summed E-state index contributed by atoms with van der Waals surface area (Å²) in [5.74, 6) is -0.704. The van der Waals surface area contributed by atoms with E-state index in [0.29, 0.717) is 22.2 Å². The van der Waals surface area contributed by atoms with Crippen LogP contribution in [0.2, 0.25) is 0 Å². The zero-order valence-corrected chi connectivity index (χ0v) is 18.6. The summed E-state index contributed by atoms with van der Waals surface area (Å²) < 4.78 is 14.8. The molecule has 7 nitrogen and oxygen atoms in total. The molecule has 0 spiro atoms. The van der Waals surface area contributed by atoms with Crippen molar-refractivity contribution in [2.45, 2.75) is 6.92 Å². The number of nitrogens with one attached hydrogen (secondary N) is 1. The molecule has 0 unspecified atom stereocenters. The second kappa shape index (κ2) is 8.29. The summed E-state index contributed by atoms with van der Waals surface area (Å²) in [5, 5.41) is 1.37. The molecule has 8 heteroatoms. The molecule has 0 bridgehead atoms. The van der Waals surface area contributed by atoms with Crippen molar-refractivity contribution in [3.8, 4) is 22.5 Å². The van der Waals surface area contributed by atoms with Crippen LogP contribution < -0.4 is 16.2 Å². The van der Waals surface area contributed by atoms with Crippen LogP contribution in [-0.2, 0) is 0 Å². The highest BCUT2D eigenvalue weighted by Gasteiger charge is 2.18. The van der Waals surface area contributed by atoms with Gasteiger partial charge in [0, 0.05) is 54.6 Å². The first-order chi connectivity index (χ1) is 15.9. The minimum Gasteiger partial charge on any atom is -0.382 e. The van der Waals surface area contributed by atoms with Crippen molar-refractivity contribution in [2.24, 2.45) is 0 Å². The molecule has 3 heterocycles. The highest BCUT2D eigenvalue weighted by Crippen LogP contribution is 2.31. The highest BCUT2D eigenvalue weighted by molar-refractivity contribution is 5.90. The average Bonchev–Trinajstić information content (AvgIpc) is 2.82. The number of pyridine rings is 1. The number of hydrogen-bond donors (Lipinski definition) is 2. The molecule has 2 aromatic carbocycles. The van der Waals surface area contributed by atoms with Gasteiger partial charge in [0.1, 0.15) is 11.4 Å². The fourth-order valence-corrected chi connectivity index (χ4v) is 4.26. The summed E-state index contributed by atoms with van der Waals surface area (Å²) in [5.41, 5.74) is 9.75. The Morgan fingerprint density at radius 2 is 1.64 bits per heavy atom. The van der Waals surface area contributed by atoms with Crippen molar-refractivity contribution < 1.29 is 4.39 Å². The van der Waals surface area contributed by atoms with Gasteiger partial charge in [-0.25, -0.2) is 4.98 Å². The summed E-state index contributed by atoms with van der Waals surface area (Å²) in [4.78, 5) is 27.9. The first-order valence-corrected chi connectivity index (χ1v) is 10.9. The lowest BCUT2D eigenvalue weighted by Crippen LogP contribution is -2.44. The first-order valence-electron chi connectivity index (χ1n) is 10.9. The van der Waals surface area contributed by atoms with E-state index in [1.165, 1.54) is 0 Å². The van der Waals surface area contributed by atoms with Gasteiger partial charge >= 0.3 is 0 Å². The van der Waals surface area contributed by atoms with Crippen LogP contribution in [-0.4, -0.2) is 53.1 Å². The van der Waals surface area contributed by atoms with Crippen LogP contribution in [0.25, 0.3) is 33.3 Å². The topological polar surface area (TPSA) is 91.1 Å². The van der Waals surface area contributed by atoms with Gasteiger partial charge < -0.3 is 20.5 Å². The standard InChI is InChI=1S/C25H25FN6O/c1-15-14-28-25(33)19-8-5-17(13-20(15)19)22-24(27)30-23(26)21(29-22)16-3-6-18(7-4-16)32-11-9-31(2)10-12-32/h3-8,13-14H,9-12H2,1-2H3,(H2,27,30)(H,28,33). The molecule has 1 aliphatic rings. The van der Waals surface area contributed by atoms with E-state index in [-0.39, 0.29) is 17.1 Å². The molecule has 1 fully saturated rings. The highest BCUT2D eigenvalue weighted by atomic mass is 19.1. The van der Waals surface area contributed by atoms with Crippen molar-refractivity contribution in [3.63, 3.8) is 0 Å². The van der Waals surface area contributed by atoms with Gasteiger partial charge in [0.25, 0.3) is 5.56 Å². The normalized spacial score (nSPS) is 14.7. The quantitative estimate of drug-likeness (QED) is 0.503. The second-order valence-electron chi connectivity index (χ2n) is 8.50. The molecule has 0 aliphatic carbocycles. The van der Waals surface area contributed by atoms with Crippen molar-refractivity contribution in [2.75, 3.05) is 43.9 Å². The van der Waals surface area contributed by atoms with Gasteiger partial charge in [0.2, 0.25) is 5.95 Å². The van der Waals surface area contributed by atoms with Gasteiger partial charge in [0.05, 0.1) is 0 Å². The summed E-state index contributed by atoms with van der Waals surface area (Å²) >= 11 is 0. The zero-order chi connectivity index (χ0) is 23.1. The molecule has 1 aliphatic heterocycles. The van der Waals surface area contributed by atoms with E-state index in [9.17, 15) is 9.18 Å². The van der Waals surface area contributed by atoms with Crippen LogP contribution in [0.15, 0.2) is 53.5 Å². The summed E-state index contributed by atoms with van der Waals surface area (Å²) in [7, 11) is 2.12. The Hall–Kier alpha value is -3.78. The van der Waals surface area contributed by atoms with Gasteiger partial charge in [-0.05, 0) is 49.2 Å². The summed E-state index contributed by atoms with van der Waals surface area (Å²) in [6, 6.07) is 13.0. The lowest BCUT2D eigenvalue weighted by molar-refractivity contribution is 0.313. The molecule has 0 radical (unpaired) electrons. The Balaban J connectivity index is 1.53. The van der Waals surface area contributed by atoms with Gasteiger partial charge in [-0.3, -0.25) is 4.79 Å². The largest absolute Gasteiger partial charge is 0.382 e. The van der Waals surface area contributed by atoms with E-state index >= 15 is 0 Å². The second-order valence-corrected chi connectivity index (χ2v) is 8.50. The Kier molecular flexibility index (Phi) is 5.30. The monoisotopic (exact) mass is 444 g/mol. The Bertz CT molecular complexity index is 1390. The number of likely N-dealkylation sites (N-methyl/N-ethyl adjacent to an activating group) is 1. The number of benzene rings is 2. The number of fused-ring (bicyclic) bond motifs is 1. The number of piperazine rings is 1. The molecular weight excluding hydrogens is 419 g/mol. The Labute approximate surface area is 190 Å². The van der Waals surface area contributed by atoms with Crippen molar-refractivity contribution in [1.29, 1.82) is 0 Å². The average molecular weight is 445 g/mol. The van der Waals surface area contributed by atoms with Gasteiger partial charge in [-0.2, -0.15) is 9.37 Å². The van der Waals surface area contributed by atoms with E-state index in [2.05, 4.69) is 31.8 Å². The number of nitrogen functional groups attached to an aromatic ring is 1. The molecule has 5 rings (SSSR count). The number of rotatable bonds is 3.